The average molecular weight is 298 g/mol. The van der Waals surface area contributed by atoms with E-state index in [4.69, 9.17) is 0 Å². The lowest BCUT2D eigenvalue weighted by atomic mass is 9.96. The summed E-state index contributed by atoms with van der Waals surface area (Å²) >= 11 is 3.72. The Labute approximate surface area is 128 Å². The molecule has 3 aromatic rings. The van der Waals surface area contributed by atoms with Crippen LogP contribution in [0.5, 0.6) is 0 Å². The van der Waals surface area contributed by atoms with Crippen molar-refractivity contribution in [1.82, 2.24) is 0 Å². The largest absolute Gasteiger partial charge is 0.143 e. The van der Waals surface area contributed by atoms with Crippen LogP contribution in [0, 0.1) is 0 Å². The second-order valence-electron chi connectivity index (χ2n) is 4.79. The van der Waals surface area contributed by atoms with Crippen LogP contribution in [0.1, 0.15) is 25.0 Å². The predicted molar refractivity (Wildman–Crippen MR) is 91.8 cm³/mol. The molecule has 20 heavy (non-hydrogen) atoms. The molecule has 2 heteroatoms. The molecule has 0 aliphatic rings. The van der Waals surface area contributed by atoms with E-state index in [1.807, 2.05) is 22.7 Å². The van der Waals surface area contributed by atoms with Gasteiger partial charge in [-0.3, -0.25) is 0 Å². The molecule has 0 saturated heterocycles. The van der Waals surface area contributed by atoms with Gasteiger partial charge in [-0.25, -0.2) is 0 Å². The van der Waals surface area contributed by atoms with Crippen molar-refractivity contribution in [2.75, 3.05) is 0 Å². The Bertz CT molecular complexity index is 690. The van der Waals surface area contributed by atoms with Gasteiger partial charge in [-0.15, -0.1) is 22.7 Å². The predicted octanol–water partition coefficient (Wildman–Crippen LogP) is 6.27. The van der Waals surface area contributed by atoms with Gasteiger partial charge in [-0.05, 0) is 53.1 Å². The molecule has 102 valence electrons. The van der Waals surface area contributed by atoms with Crippen LogP contribution in [-0.4, -0.2) is 0 Å². The molecule has 0 nitrogen and oxygen atoms in total. The van der Waals surface area contributed by atoms with Gasteiger partial charge in [0.25, 0.3) is 0 Å². The van der Waals surface area contributed by atoms with Crippen LogP contribution in [0.15, 0.2) is 47.8 Å². The Morgan fingerprint density at radius 3 is 2.35 bits per heavy atom. The van der Waals surface area contributed by atoms with Crippen molar-refractivity contribution in [2.45, 2.75) is 26.7 Å². The Morgan fingerprint density at radius 1 is 0.800 bits per heavy atom. The summed E-state index contributed by atoms with van der Waals surface area (Å²) in [5, 5.41) is 2.14. The lowest BCUT2D eigenvalue weighted by Gasteiger charge is -2.11. The van der Waals surface area contributed by atoms with Gasteiger partial charge in [0.05, 0.1) is 0 Å². The lowest BCUT2D eigenvalue weighted by molar-refractivity contribution is 1.04. The first-order valence-electron chi connectivity index (χ1n) is 7.08. The fourth-order valence-electron chi connectivity index (χ4n) is 2.65. The van der Waals surface area contributed by atoms with Crippen LogP contribution in [0.25, 0.3) is 20.2 Å². The van der Waals surface area contributed by atoms with Crippen molar-refractivity contribution >= 4 is 22.7 Å². The molecule has 0 fully saturated rings. The summed E-state index contributed by atoms with van der Waals surface area (Å²) in [6.45, 7) is 4.50. The van der Waals surface area contributed by atoms with E-state index in [1.54, 1.807) is 0 Å². The highest BCUT2D eigenvalue weighted by Gasteiger charge is 2.11. The topological polar surface area (TPSA) is 0 Å². The molecule has 0 amide bonds. The van der Waals surface area contributed by atoms with Crippen molar-refractivity contribution in [3.05, 3.63) is 59.0 Å². The van der Waals surface area contributed by atoms with Crippen LogP contribution in [-0.2, 0) is 12.8 Å². The zero-order valence-corrected chi connectivity index (χ0v) is 13.5. The van der Waals surface area contributed by atoms with Crippen molar-refractivity contribution < 1.29 is 0 Å². The lowest BCUT2D eigenvalue weighted by Crippen LogP contribution is -1.93. The summed E-state index contributed by atoms with van der Waals surface area (Å²) in [5.41, 5.74) is 4.41. The summed E-state index contributed by atoms with van der Waals surface area (Å²) < 4.78 is 0. The summed E-state index contributed by atoms with van der Waals surface area (Å²) in [6.07, 6.45) is 2.21. The molecule has 2 aromatic heterocycles. The zero-order valence-electron chi connectivity index (χ0n) is 11.8. The molecule has 0 N–H and O–H groups in total. The average Bonchev–Trinajstić information content (AvgIpc) is 3.16. The Balaban J connectivity index is 2.06. The van der Waals surface area contributed by atoms with Gasteiger partial charge >= 0.3 is 0 Å². The third kappa shape index (κ3) is 2.46. The van der Waals surface area contributed by atoms with E-state index in [1.165, 1.54) is 31.3 Å². The minimum Gasteiger partial charge on any atom is -0.143 e. The first-order valence-corrected chi connectivity index (χ1v) is 8.78. The number of hydrogen-bond acceptors (Lipinski definition) is 2. The Hall–Kier alpha value is -1.38. The van der Waals surface area contributed by atoms with E-state index in [-0.39, 0.29) is 0 Å². The second kappa shape index (κ2) is 5.94. The normalized spacial score (nSPS) is 10.9. The maximum absolute atomic E-state index is 2.27. The van der Waals surface area contributed by atoms with Gasteiger partial charge in [-0.1, -0.05) is 38.1 Å². The van der Waals surface area contributed by atoms with Gasteiger partial charge in [0.1, 0.15) is 0 Å². The van der Waals surface area contributed by atoms with E-state index in [9.17, 15) is 0 Å². The van der Waals surface area contributed by atoms with E-state index >= 15 is 0 Å². The number of hydrogen-bond donors (Lipinski definition) is 0. The Morgan fingerprint density at radius 2 is 1.65 bits per heavy atom. The van der Waals surface area contributed by atoms with E-state index in [2.05, 4.69) is 61.7 Å². The molecular formula is C18H18S2. The van der Waals surface area contributed by atoms with Gasteiger partial charge in [0.15, 0.2) is 0 Å². The quantitative estimate of drug-likeness (QED) is 0.532. The highest BCUT2D eigenvalue weighted by molar-refractivity contribution is 7.23. The van der Waals surface area contributed by atoms with E-state index in [0.29, 0.717) is 0 Å². The first kappa shape index (κ1) is 13.6. The first-order chi connectivity index (χ1) is 9.83. The zero-order chi connectivity index (χ0) is 13.9. The van der Waals surface area contributed by atoms with Crippen LogP contribution in [0.2, 0.25) is 0 Å². The van der Waals surface area contributed by atoms with Crippen molar-refractivity contribution in [3.63, 3.8) is 0 Å². The SMILES string of the molecule is CCc1cccc(-c2ccc(-c3cccs3)s2)c1CC. The summed E-state index contributed by atoms with van der Waals surface area (Å²) in [6, 6.07) is 15.6. The van der Waals surface area contributed by atoms with Gasteiger partial charge in [-0.2, -0.15) is 0 Å². The number of rotatable bonds is 4. The minimum absolute atomic E-state index is 1.10. The Kier molecular flexibility index (Phi) is 4.04. The molecule has 0 spiro atoms. The molecule has 0 aliphatic carbocycles. The molecule has 0 bridgehead atoms. The van der Waals surface area contributed by atoms with E-state index < -0.39 is 0 Å². The van der Waals surface area contributed by atoms with Crippen LogP contribution in [0.4, 0.5) is 0 Å². The maximum atomic E-state index is 2.27. The molecule has 0 atom stereocenters. The highest BCUT2D eigenvalue weighted by Crippen LogP contribution is 2.38. The molecule has 1 aromatic carbocycles. The monoisotopic (exact) mass is 298 g/mol. The summed E-state index contributed by atoms with van der Waals surface area (Å²) in [4.78, 5) is 4.13. The fraction of sp³-hybridized carbons (Fsp3) is 0.222. The molecule has 0 unspecified atom stereocenters. The van der Waals surface area contributed by atoms with Gasteiger partial charge < -0.3 is 0 Å². The van der Waals surface area contributed by atoms with Crippen LogP contribution in [0.3, 0.4) is 0 Å². The fourth-order valence-corrected chi connectivity index (χ4v) is 4.54. The molecule has 0 radical (unpaired) electrons. The third-order valence-corrected chi connectivity index (χ3v) is 5.83. The maximum Gasteiger partial charge on any atom is 0.0449 e. The van der Waals surface area contributed by atoms with Crippen molar-refractivity contribution in [3.8, 4) is 20.2 Å². The highest BCUT2D eigenvalue weighted by atomic mass is 32.1. The van der Waals surface area contributed by atoms with Crippen molar-refractivity contribution in [2.24, 2.45) is 0 Å². The van der Waals surface area contributed by atoms with Crippen molar-refractivity contribution in [1.29, 1.82) is 0 Å². The van der Waals surface area contributed by atoms with E-state index in [0.717, 1.165) is 12.8 Å². The number of benzene rings is 1. The molecule has 2 heterocycles. The molecule has 3 rings (SSSR count). The summed E-state index contributed by atoms with van der Waals surface area (Å²) in [7, 11) is 0. The third-order valence-electron chi connectivity index (χ3n) is 3.64. The second-order valence-corrected chi connectivity index (χ2v) is 6.82. The van der Waals surface area contributed by atoms with Crippen LogP contribution >= 0.6 is 22.7 Å². The number of aryl methyl sites for hydroxylation is 1. The molecular weight excluding hydrogens is 280 g/mol. The summed E-state index contributed by atoms with van der Waals surface area (Å²) in [5.74, 6) is 0. The standard InChI is InChI=1S/C18H18S2/c1-3-13-7-5-8-15(14(13)4-2)16-10-11-18(20-16)17-9-6-12-19-17/h5-12H,3-4H2,1-2H3. The molecule has 0 saturated carbocycles. The molecule has 0 aliphatic heterocycles. The minimum atomic E-state index is 1.10. The van der Waals surface area contributed by atoms with Gasteiger partial charge in [0, 0.05) is 14.6 Å². The number of thiophene rings is 2. The van der Waals surface area contributed by atoms with Crippen LogP contribution < -0.4 is 0 Å². The smallest absolute Gasteiger partial charge is 0.0449 e. The van der Waals surface area contributed by atoms with Gasteiger partial charge in [0.2, 0.25) is 0 Å².